The van der Waals surface area contributed by atoms with Crippen LogP contribution in [0.15, 0.2) is 0 Å². The van der Waals surface area contributed by atoms with E-state index in [4.69, 9.17) is 21.9 Å². The molecular weight excluding hydrogens is 197 g/mol. The third kappa shape index (κ3) is 4.65. The van der Waals surface area contributed by atoms with Gasteiger partial charge in [-0.2, -0.15) is 0 Å². The Bertz CT molecular complexity index is 232. The van der Waals surface area contributed by atoms with Crippen LogP contribution >= 0.6 is 20.1 Å². The van der Waals surface area contributed by atoms with Crippen LogP contribution in [0.5, 0.6) is 0 Å². The topological polar surface area (TPSA) is 38.8 Å². The molecule has 0 saturated carbocycles. The van der Waals surface area contributed by atoms with Crippen molar-refractivity contribution < 1.29 is 14.2 Å². The summed E-state index contributed by atoms with van der Waals surface area (Å²) < 4.78 is 10.1. The van der Waals surface area contributed by atoms with Gasteiger partial charge in [-0.3, -0.25) is 0 Å². The van der Waals surface area contributed by atoms with Crippen LogP contribution in [0.4, 0.5) is 0 Å². The summed E-state index contributed by atoms with van der Waals surface area (Å²) in [6, 6.07) is 0. The third-order valence-electron chi connectivity index (χ3n) is 0.800. The van der Waals surface area contributed by atoms with Crippen molar-refractivity contribution in [2.75, 3.05) is 13.2 Å². The van der Waals surface area contributed by atoms with Crippen LogP contribution in [0.3, 0.4) is 0 Å². The number of hydrogen-bond acceptors (Lipinski definition) is 4. The molecule has 0 bridgehead atoms. The normalized spacial score (nSPS) is 8.83. The maximum absolute atomic E-state index is 10.1. The molecule has 0 aromatic rings. The fourth-order valence-corrected chi connectivity index (χ4v) is 0.846. The predicted molar refractivity (Wildman–Crippen MR) is 49.2 cm³/mol. The van der Waals surface area contributed by atoms with E-state index in [2.05, 4.69) is 5.63 Å². The fourth-order valence-electron chi connectivity index (χ4n) is 0.469. The Morgan fingerprint density at radius 1 is 1.50 bits per heavy atom. The van der Waals surface area contributed by atoms with E-state index in [1.54, 1.807) is 13.8 Å². The Kier molecular flexibility index (Phi) is 7.36. The average Bonchev–Trinajstić information content (AvgIpc) is 2.04. The van der Waals surface area contributed by atoms with Gasteiger partial charge in [-0.15, -0.1) is 0 Å². The van der Waals surface area contributed by atoms with Crippen molar-refractivity contribution in [3.05, 3.63) is 0 Å². The Morgan fingerprint density at radius 3 is 2.33 bits per heavy atom. The van der Waals surface area contributed by atoms with Gasteiger partial charge in [-0.25, -0.2) is 0 Å². The van der Waals surface area contributed by atoms with Crippen molar-refractivity contribution in [3.63, 3.8) is 0 Å². The van der Waals surface area contributed by atoms with Crippen molar-refractivity contribution in [1.29, 1.82) is 0 Å². The van der Waals surface area contributed by atoms with E-state index in [0.717, 1.165) is 5.23 Å². The van der Waals surface area contributed by atoms with Crippen LogP contribution in [0, 0.1) is 5.63 Å². The van der Waals surface area contributed by atoms with Crippen LogP contribution in [-0.4, -0.2) is 23.4 Å². The zero-order valence-electron chi connectivity index (χ0n) is 6.94. The van der Waals surface area contributed by atoms with Crippen molar-refractivity contribution in [3.8, 4) is 5.63 Å². The first-order valence-corrected chi connectivity index (χ1v) is 4.66. The maximum atomic E-state index is 10.1. The molecule has 0 radical (unpaired) electrons. The summed E-state index contributed by atoms with van der Waals surface area (Å²) in [4.78, 5) is 10.1. The summed E-state index contributed by atoms with van der Waals surface area (Å²) in [5.74, 6) is 0. The molecule has 0 saturated heterocycles. The van der Waals surface area contributed by atoms with Gasteiger partial charge in [0.15, 0.2) is 0 Å². The molecule has 0 aromatic carbocycles. The first kappa shape index (κ1) is 11.8. The van der Waals surface area contributed by atoms with E-state index in [1.807, 2.05) is 0 Å². The van der Waals surface area contributed by atoms with Gasteiger partial charge in [-0.1, -0.05) is 0 Å². The minimum absolute atomic E-state index is 0.135. The molecule has 68 valence electrons. The van der Waals surface area contributed by atoms with E-state index in [1.165, 1.54) is 0 Å². The van der Waals surface area contributed by atoms with Gasteiger partial charge in [0.05, 0.1) is 0 Å². The zero-order valence-corrected chi connectivity index (χ0v) is 8.65. The molecule has 0 N–H and O–H groups in total. The SMILES string of the molecule is CCON(OCC)C(=S)C#P=O. The number of rotatable bonds is 4. The molecular formula is C6H10NO3PS. The van der Waals surface area contributed by atoms with Gasteiger partial charge < -0.3 is 0 Å². The Labute approximate surface area is 77.9 Å². The molecule has 6 heteroatoms. The first-order valence-electron chi connectivity index (χ1n) is 3.44. The molecule has 4 nitrogen and oxygen atoms in total. The number of hydrogen-bond donors (Lipinski definition) is 0. The van der Waals surface area contributed by atoms with Gasteiger partial charge in [0.2, 0.25) is 0 Å². The summed E-state index contributed by atoms with van der Waals surface area (Å²) in [6.07, 6.45) is 0. The van der Waals surface area contributed by atoms with Gasteiger partial charge in [0.1, 0.15) is 0 Å². The van der Waals surface area contributed by atoms with E-state index < -0.39 is 0 Å². The van der Waals surface area contributed by atoms with Crippen LogP contribution < -0.4 is 0 Å². The second-order valence-electron chi connectivity index (χ2n) is 1.60. The third-order valence-corrected chi connectivity index (χ3v) is 1.51. The van der Waals surface area contributed by atoms with Crippen LogP contribution in [0.1, 0.15) is 13.8 Å². The molecule has 0 amide bonds. The molecule has 0 aromatic heterocycles. The first-order chi connectivity index (χ1) is 5.76. The predicted octanol–water partition coefficient (Wildman–Crippen LogP) is 1.77. The van der Waals surface area contributed by atoms with E-state index >= 15 is 0 Å². The molecule has 0 aliphatic carbocycles. The minimum atomic E-state index is -0.278. The van der Waals surface area contributed by atoms with Crippen molar-refractivity contribution in [2.24, 2.45) is 0 Å². The van der Waals surface area contributed by atoms with E-state index in [9.17, 15) is 4.57 Å². The molecule has 0 aliphatic rings. The summed E-state index contributed by atoms with van der Waals surface area (Å²) >= 11 is 4.76. The van der Waals surface area contributed by atoms with Gasteiger partial charge in [0.25, 0.3) is 0 Å². The summed E-state index contributed by atoms with van der Waals surface area (Å²) in [5, 5.41) is 1.03. The second-order valence-corrected chi connectivity index (χ2v) is 2.39. The quantitative estimate of drug-likeness (QED) is 0.399. The number of thiocarbonyl (C=S) groups is 1. The number of hydroxylamine groups is 2. The van der Waals surface area contributed by atoms with Crippen LogP contribution in [0.25, 0.3) is 0 Å². The Morgan fingerprint density at radius 2 is 2.00 bits per heavy atom. The molecule has 0 aliphatic heterocycles. The standard InChI is InChI=1S/C6H10NO3PS/c1-3-9-7(10-4-2)6(12)5-11-8/h3-4H2,1-2H3. The van der Waals surface area contributed by atoms with Crippen LogP contribution in [-0.2, 0) is 14.2 Å². The summed E-state index contributed by atoms with van der Waals surface area (Å²) in [6.45, 7) is 4.45. The summed E-state index contributed by atoms with van der Waals surface area (Å²) in [7, 11) is -0.278. The van der Waals surface area contributed by atoms with Crippen LogP contribution in [0.2, 0.25) is 0 Å². The second kappa shape index (κ2) is 7.47. The molecule has 0 fully saturated rings. The number of nitrogens with zero attached hydrogens (tertiary/aromatic N) is 1. The molecule has 0 heterocycles. The molecule has 0 rings (SSSR count). The Hall–Kier alpha value is -0.180. The molecule has 0 atom stereocenters. The average molecular weight is 207 g/mol. The fraction of sp³-hybridized carbons (Fsp3) is 0.667. The van der Waals surface area contributed by atoms with E-state index in [0.29, 0.717) is 13.2 Å². The monoisotopic (exact) mass is 207 g/mol. The zero-order chi connectivity index (χ0) is 9.40. The van der Waals surface area contributed by atoms with Crippen molar-refractivity contribution in [2.45, 2.75) is 13.8 Å². The Balaban J connectivity index is 4.14. The van der Waals surface area contributed by atoms with Crippen molar-refractivity contribution >= 4 is 25.1 Å². The molecule has 0 unspecified atom stereocenters. The van der Waals surface area contributed by atoms with Gasteiger partial charge in [-0.05, 0) is 0 Å². The molecule has 0 spiro atoms. The summed E-state index contributed by atoms with van der Waals surface area (Å²) in [5.41, 5.74) is 2.34. The van der Waals surface area contributed by atoms with Gasteiger partial charge in [0, 0.05) is 0 Å². The van der Waals surface area contributed by atoms with Gasteiger partial charge >= 0.3 is 77.3 Å². The van der Waals surface area contributed by atoms with E-state index in [-0.39, 0.29) is 12.9 Å². The van der Waals surface area contributed by atoms with Crippen molar-refractivity contribution in [1.82, 2.24) is 5.23 Å². The molecule has 12 heavy (non-hydrogen) atoms.